The van der Waals surface area contributed by atoms with Crippen molar-refractivity contribution in [2.24, 2.45) is 0 Å². The normalized spacial score (nSPS) is 13.4. The van der Waals surface area contributed by atoms with Gasteiger partial charge in [0.25, 0.3) is 5.91 Å². The topological polar surface area (TPSA) is 80.9 Å². The molecule has 1 N–H and O–H groups in total. The van der Waals surface area contributed by atoms with Crippen LogP contribution < -0.4 is 5.32 Å². The quantitative estimate of drug-likeness (QED) is 0.480. The number of thiazole rings is 1. The molecule has 1 aliphatic rings. The number of hydrogen-bond acceptors (Lipinski definition) is 6. The van der Waals surface area contributed by atoms with Crippen LogP contribution in [-0.4, -0.2) is 21.0 Å². The summed E-state index contributed by atoms with van der Waals surface area (Å²) in [6, 6.07) is 15.4. The molecule has 2 aromatic carbocycles. The van der Waals surface area contributed by atoms with Gasteiger partial charge in [-0.25, -0.2) is 4.98 Å². The predicted octanol–water partition coefficient (Wildman–Crippen LogP) is 4.98. The largest absolute Gasteiger partial charge is 0.343 e. The van der Waals surface area contributed by atoms with Crippen LogP contribution >= 0.6 is 11.3 Å². The lowest BCUT2D eigenvalue weighted by Gasteiger charge is -2.02. The van der Waals surface area contributed by atoms with Gasteiger partial charge in [-0.15, -0.1) is 11.3 Å². The molecule has 1 fully saturated rings. The molecule has 5 rings (SSSR count). The van der Waals surface area contributed by atoms with Crippen molar-refractivity contribution in [3.8, 4) is 22.6 Å². The summed E-state index contributed by atoms with van der Waals surface area (Å²) in [7, 11) is 0. The summed E-state index contributed by atoms with van der Waals surface area (Å²) in [6.45, 7) is 2.16. The number of carbonyl (C=O) groups excluding carboxylic acids is 1. The highest BCUT2D eigenvalue weighted by Crippen LogP contribution is 2.42. The van der Waals surface area contributed by atoms with E-state index in [0.717, 1.165) is 22.4 Å². The van der Waals surface area contributed by atoms with Gasteiger partial charge >= 0.3 is 0 Å². The van der Waals surface area contributed by atoms with E-state index >= 15 is 0 Å². The summed E-state index contributed by atoms with van der Waals surface area (Å²) in [5.74, 6) is 1.36. The monoisotopic (exact) mass is 416 g/mol. The number of carbonyl (C=O) groups is 1. The number of aryl methyl sites for hydroxylation is 1. The van der Waals surface area contributed by atoms with E-state index in [0.29, 0.717) is 23.2 Å². The van der Waals surface area contributed by atoms with E-state index in [1.54, 1.807) is 23.5 Å². The van der Waals surface area contributed by atoms with Crippen LogP contribution in [0, 0.1) is 6.92 Å². The van der Waals surface area contributed by atoms with E-state index in [4.69, 9.17) is 9.51 Å². The van der Waals surface area contributed by atoms with Crippen LogP contribution in [0.25, 0.3) is 22.6 Å². The summed E-state index contributed by atoms with van der Waals surface area (Å²) < 4.78 is 5.29. The van der Waals surface area contributed by atoms with Crippen LogP contribution in [0.2, 0.25) is 0 Å². The summed E-state index contributed by atoms with van der Waals surface area (Å²) in [5, 5.41) is 10.2. The van der Waals surface area contributed by atoms with Crippen LogP contribution in [0.15, 0.2) is 58.4 Å². The molecule has 1 amide bonds. The zero-order valence-electron chi connectivity index (χ0n) is 16.5. The third-order valence-corrected chi connectivity index (χ3v) is 6.08. The van der Waals surface area contributed by atoms with Crippen molar-refractivity contribution in [3.05, 3.63) is 75.9 Å². The number of rotatable bonds is 6. The molecular formula is C23H20N4O2S. The summed E-state index contributed by atoms with van der Waals surface area (Å²) >= 11 is 1.74. The minimum atomic E-state index is -0.173. The zero-order chi connectivity index (χ0) is 20.5. The molecule has 0 unspecified atom stereocenters. The molecule has 0 aliphatic heterocycles. The minimum absolute atomic E-state index is 0.173. The Kier molecular flexibility index (Phi) is 4.88. The van der Waals surface area contributed by atoms with Crippen molar-refractivity contribution in [1.29, 1.82) is 0 Å². The lowest BCUT2D eigenvalue weighted by Crippen LogP contribution is -2.22. The first-order valence-corrected chi connectivity index (χ1v) is 10.8. The second-order valence-corrected chi connectivity index (χ2v) is 8.37. The Labute approximate surface area is 178 Å². The lowest BCUT2D eigenvalue weighted by atomic mass is 10.1. The molecule has 0 saturated heterocycles. The second-order valence-electron chi connectivity index (χ2n) is 7.48. The van der Waals surface area contributed by atoms with Crippen molar-refractivity contribution >= 4 is 17.2 Å². The molecule has 7 heteroatoms. The SMILES string of the molecule is Cc1ccc(C(=O)NCc2nc(-c3ccc(-c4csc(C5CC5)n4)cc3)no2)cc1. The van der Waals surface area contributed by atoms with Crippen molar-refractivity contribution in [2.45, 2.75) is 32.2 Å². The van der Waals surface area contributed by atoms with Gasteiger partial charge in [-0.1, -0.05) is 47.1 Å². The Morgan fingerprint density at radius 2 is 1.80 bits per heavy atom. The van der Waals surface area contributed by atoms with Crippen LogP contribution in [0.1, 0.15) is 45.6 Å². The second kappa shape index (κ2) is 7.84. The Morgan fingerprint density at radius 3 is 2.53 bits per heavy atom. The standard InChI is InChI=1S/C23H20N4O2S/c1-14-2-4-17(5-3-14)22(28)24-12-20-26-21(27-29-20)16-8-6-15(7-9-16)19-13-30-23(25-19)18-10-11-18/h2-9,13,18H,10-12H2,1H3,(H,24,28). The molecule has 2 aromatic heterocycles. The van der Waals surface area contributed by atoms with E-state index in [1.165, 1.54) is 17.8 Å². The average molecular weight is 417 g/mol. The first-order valence-electron chi connectivity index (χ1n) is 9.89. The molecule has 0 atom stereocenters. The molecule has 2 heterocycles. The van der Waals surface area contributed by atoms with Gasteiger partial charge in [-0.3, -0.25) is 4.79 Å². The van der Waals surface area contributed by atoms with E-state index < -0.39 is 0 Å². The van der Waals surface area contributed by atoms with Gasteiger partial charge in [0.15, 0.2) is 0 Å². The molecule has 6 nitrogen and oxygen atoms in total. The van der Waals surface area contributed by atoms with Crippen LogP contribution in [0.5, 0.6) is 0 Å². The van der Waals surface area contributed by atoms with Crippen molar-refractivity contribution in [3.63, 3.8) is 0 Å². The summed E-state index contributed by atoms with van der Waals surface area (Å²) in [5.41, 5.74) is 4.66. The molecule has 30 heavy (non-hydrogen) atoms. The number of hydrogen-bond donors (Lipinski definition) is 1. The maximum atomic E-state index is 12.2. The average Bonchev–Trinajstić information content (AvgIpc) is 3.31. The fourth-order valence-electron chi connectivity index (χ4n) is 3.13. The first-order chi connectivity index (χ1) is 14.7. The van der Waals surface area contributed by atoms with Gasteiger partial charge in [0.1, 0.15) is 0 Å². The van der Waals surface area contributed by atoms with Crippen molar-refractivity contribution in [2.75, 3.05) is 0 Å². The maximum Gasteiger partial charge on any atom is 0.251 e. The molecular weight excluding hydrogens is 396 g/mol. The number of benzene rings is 2. The molecule has 0 radical (unpaired) electrons. The highest BCUT2D eigenvalue weighted by molar-refractivity contribution is 7.10. The minimum Gasteiger partial charge on any atom is -0.343 e. The predicted molar refractivity (Wildman–Crippen MR) is 115 cm³/mol. The Balaban J connectivity index is 1.23. The van der Waals surface area contributed by atoms with E-state index in [-0.39, 0.29) is 12.5 Å². The smallest absolute Gasteiger partial charge is 0.251 e. The van der Waals surface area contributed by atoms with Crippen LogP contribution in [0.4, 0.5) is 0 Å². The van der Waals surface area contributed by atoms with E-state index in [9.17, 15) is 4.79 Å². The van der Waals surface area contributed by atoms with E-state index in [1.807, 2.05) is 43.3 Å². The Morgan fingerprint density at radius 1 is 1.07 bits per heavy atom. The number of aromatic nitrogens is 3. The molecule has 4 aromatic rings. The van der Waals surface area contributed by atoms with Gasteiger partial charge in [0.2, 0.25) is 11.7 Å². The maximum absolute atomic E-state index is 12.2. The summed E-state index contributed by atoms with van der Waals surface area (Å²) in [4.78, 5) is 21.4. The van der Waals surface area contributed by atoms with Gasteiger partial charge in [-0.05, 0) is 31.9 Å². The number of nitrogens with one attached hydrogen (secondary N) is 1. The zero-order valence-corrected chi connectivity index (χ0v) is 17.3. The van der Waals surface area contributed by atoms with Gasteiger partial charge in [-0.2, -0.15) is 4.98 Å². The van der Waals surface area contributed by atoms with Crippen LogP contribution in [0.3, 0.4) is 0 Å². The third kappa shape index (κ3) is 4.02. The van der Waals surface area contributed by atoms with Crippen molar-refractivity contribution in [1.82, 2.24) is 20.4 Å². The fraction of sp³-hybridized carbons (Fsp3) is 0.217. The van der Waals surface area contributed by atoms with E-state index in [2.05, 4.69) is 20.8 Å². The number of amides is 1. The highest BCUT2D eigenvalue weighted by atomic mass is 32.1. The van der Waals surface area contributed by atoms with Gasteiger partial charge in [0.05, 0.1) is 17.2 Å². The lowest BCUT2D eigenvalue weighted by molar-refractivity contribution is 0.0946. The molecule has 0 spiro atoms. The Bertz CT molecular complexity index is 1170. The van der Waals surface area contributed by atoms with Crippen molar-refractivity contribution < 1.29 is 9.32 Å². The molecule has 1 saturated carbocycles. The van der Waals surface area contributed by atoms with Gasteiger partial charge in [0, 0.05) is 28.0 Å². The third-order valence-electron chi connectivity index (χ3n) is 5.07. The van der Waals surface area contributed by atoms with Crippen LogP contribution in [-0.2, 0) is 6.54 Å². The molecule has 0 bridgehead atoms. The number of nitrogens with zero attached hydrogens (tertiary/aromatic N) is 3. The highest BCUT2D eigenvalue weighted by Gasteiger charge is 2.26. The first kappa shape index (κ1) is 18.7. The molecule has 1 aliphatic carbocycles. The Hall–Kier alpha value is -3.32. The van der Waals surface area contributed by atoms with Gasteiger partial charge < -0.3 is 9.84 Å². The fourth-order valence-corrected chi connectivity index (χ4v) is 4.14. The molecule has 150 valence electrons. The summed E-state index contributed by atoms with van der Waals surface area (Å²) in [6.07, 6.45) is 2.52.